The Morgan fingerprint density at radius 1 is 1.29 bits per heavy atom. The summed E-state index contributed by atoms with van der Waals surface area (Å²) in [6.07, 6.45) is 3.79. The number of benzene rings is 1. The molecule has 0 amide bonds. The molecule has 3 fully saturated rings. The maximum absolute atomic E-state index is 6.25. The molecule has 1 aromatic rings. The average Bonchev–Trinajstić information content (AvgIpc) is 2.18. The highest BCUT2D eigenvalue weighted by atomic mass is 35.5. The van der Waals surface area contributed by atoms with Gasteiger partial charge in [-0.05, 0) is 37.4 Å². The highest BCUT2D eigenvalue weighted by Crippen LogP contribution is 2.50. The fraction of sp³-hybridized carbons (Fsp3) is 0.500. The largest absolute Gasteiger partial charge is 0.314 e. The van der Waals surface area contributed by atoms with Crippen LogP contribution in [0.5, 0.6) is 0 Å². The van der Waals surface area contributed by atoms with Crippen LogP contribution < -0.4 is 5.32 Å². The summed E-state index contributed by atoms with van der Waals surface area (Å²) in [6, 6.07) is 9.08. The van der Waals surface area contributed by atoms with Crippen LogP contribution in [-0.2, 0) is 5.41 Å². The van der Waals surface area contributed by atoms with E-state index in [1.165, 1.54) is 24.8 Å². The maximum Gasteiger partial charge on any atom is 0.0443 e. The van der Waals surface area contributed by atoms with Gasteiger partial charge >= 0.3 is 0 Å². The monoisotopic (exact) mass is 207 g/mol. The van der Waals surface area contributed by atoms with Crippen molar-refractivity contribution in [3.63, 3.8) is 0 Å². The minimum atomic E-state index is 0.411. The third-order valence-corrected chi connectivity index (χ3v) is 4.09. The molecule has 0 unspecified atom stereocenters. The van der Waals surface area contributed by atoms with Crippen molar-refractivity contribution in [2.45, 2.75) is 30.7 Å². The summed E-state index contributed by atoms with van der Waals surface area (Å²) in [5.41, 5.74) is 1.79. The van der Waals surface area contributed by atoms with Gasteiger partial charge in [0.2, 0.25) is 0 Å². The molecule has 2 aliphatic heterocycles. The summed E-state index contributed by atoms with van der Waals surface area (Å²) in [5.74, 6) is 0. The van der Waals surface area contributed by atoms with Crippen molar-refractivity contribution in [2.24, 2.45) is 0 Å². The van der Waals surface area contributed by atoms with Gasteiger partial charge < -0.3 is 5.32 Å². The van der Waals surface area contributed by atoms with Gasteiger partial charge in [0, 0.05) is 16.5 Å². The standard InChI is InChI=1S/C12H14ClN/c13-11-4-2-1-3-10(11)12-5-6-14-9(7-12)8-12/h1-4,9,14H,5-8H2. The Bertz CT molecular complexity index is 350. The van der Waals surface area contributed by atoms with Crippen molar-refractivity contribution in [1.29, 1.82) is 0 Å². The van der Waals surface area contributed by atoms with Crippen LogP contribution in [0.4, 0.5) is 0 Å². The van der Waals surface area contributed by atoms with E-state index in [9.17, 15) is 0 Å². The minimum absolute atomic E-state index is 0.411. The number of fused-ring (bicyclic) bond motifs is 2. The molecule has 1 saturated carbocycles. The topological polar surface area (TPSA) is 12.0 Å². The molecule has 74 valence electrons. The Balaban J connectivity index is 1.99. The first-order valence-electron chi connectivity index (χ1n) is 5.29. The quantitative estimate of drug-likeness (QED) is 0.747. The number of piperidine rings is 2. The van der Waals surface area contributed by atoms with E-state index in [-0.39, 0.29) is 0 Å². The predicted molar refractivity (Wildman–Crippen MR) is 58.8 cm³/mol. The molecular formula is C12H14ClN. The molecule has 0 spiro atoms. The summed E-state index contributed by atoms with van der Waals surface area (Å²) in [6.45, 7) is 1.15. The van der Waals surface area contributed by atoms with E-state index in [0.29, 0.717) is 5.41 Å². The van der Waals surface area contributed by atoms with E-state index >= 15 is 0 Å². The second-order valence-corrected chi connectivity index (χ2v) is 4.98. The van der Waals surface area contributed by atoms with E-state index in [2.05, 4.69) is 17.4 Å². The summed E-state index contributed by atoms with van der Waals surface area (Å²) in [4.78, 5) is 0. The van der Waals surface area contributed by atoms with Crippen molar-refractivity contribution < 1.29 is 0 Å². The minimum Gasteiger partial charge on any atom is -0.314 e. The molecule has 2 bridgehead atoms. The number of halogens is 1. The Morgan fingerprint density at radius 2 is 2.07 bits per heavy atom. The lowest BCUT2D eigenvalue weighted by atomic mass is 9.57. The van der Waals surface area contributed by atoms with Gasteiger partial charge in [0.1, 0.15) is 0 Å². The van der Waals surface area contributed by atoms with Crippen LogP contribution in [0.2, 0.25) is 5.02 Å². The maximum atomic E-state index is 6.25. The van der Waals surface area contributed by atoms with Gasteiger partial charge in [-0.25, -0.2) is 0 Å². The first-order valence-corrected chi connectivity index (χ1v) is 5.66. The second-order valence-electron chi connectivity index (χ2n) is 4.57. The lowest BCUT2D eigenvalue weighted by Gasteiger charge is -2.53. The molecule has 0 aromatic heterocycles. The van der Waals surface area contributed by atoms with Crippen LogP contribution in [-0.4, -0.2) is 12.6 Å². The first kappa shape index (κ1) is 8.75. The third-order valence-electron chi connectivity index (χ3n) is 3.76. The van der Waals surface area contributed by atoms with Crippen molar-refractivity contribution in [3.8, 4) is 0 Å². The number of nitrogens with one attached hydrogen (secondary N) is 1. The fourth-order valence-electron chi connectivity index (χ4n) is 2.99. The Morgan fingerprint density at radius 3 is 2.71 bits per heavy atom. The summed E-state index contributed by atoms with van der Waals surface area (Å²) < 4.78 is 0. The lowest BCUT2D eigenvalue weighted by Crippen LogP contribution is -2.58. The Hall–Kier alpha value is -0.530. The Labute approximate surface area is 89.5 Å². The van der Waals surface area contributed by atoms with Crippen LogP contribution in [0, 0.1) is 0 Å². The van der Waals surface area contributed by atoms with E-state index in [4.69, 9.17) is 11.6 Å². The van der Waals surface area contributed by atoms with E-state index in [1.807, 2.05) is 12.1 Å². The van der Waals surface area contributed by atoms with Crippen molar-refractivity contribution in [3.05, 3.63) is 34.9 Å². The molecule has 0 radical (unpaired) electrons. The summed E-state index contributed by atoms with van der Waals surface area (Å²) in [5, 5.41) is 4.47. The smallest absolute Gasteiger partial charge is 0.0443 e. The molecule has 14 heavy (non-hydrogen) atoms. The highest BCUT2D eigenvalue weighted by molar-refractivity contribution is 6.31. The predicted octanol–water partition coefficient (Wildman–Crippen LogP) is 2.73. The molecule has 2 heterocycles. The SMILES string of the molecule is Clc1ccccc1C12CCNC(C1)C2. The molecule has 4 rings (SSSR count). The zero-order valence-corrected chi connectivity index (χ0v) is 8.85. The van der Waals surface area contributed by atoms with Crippen LogP contribution in [0.15, 0.2) is 24.3 Å². The van der Waals surface area contributed by atoms with Gasteiger partial charge in [0.05, 0.1) is 0 Å². The van der Waals surface area contributed by atoms with E-state index in [1.54, 1.807) is 0 Å². The molecule has 3 aliphatic rings. The first-order chi connectivity index (χ1) is 6.80. The van der Waals surface area contributed by atoms with E-state index in [0.717, 1.165) is 17.6 Å². The van der Waals surface area contributed by atoms with Crippen LogP contribution >= 0.6 is 11.6 Å². The summed E-state index contributed by atoms with van der Waals surface area (Å²) in [7, 11) is 0. The van der Waals surface area contributed by atoms with Crippen LogP contribution in [0.1, 0.15) is 24.8 Å². The normalized spacial score (nSPS) is 35.1. The van der Waals surface area contributed by atoms with Gasteiger partial charge in [0.15, 0.2) is 0 Å². The third kappa shape index (κ3) is 1.12. The second kappa shape index (κ2) is 2.98. The zero-order chi connectivity index (χ0) is 9.60. The Kier molecular flexibility index (Phi) is 1.86. The molecule has 0 atom stereocenters. The molecule has 1 N–H and O–H groups in total. The number of rotatable bonds is 1. The molecule has 2 heteroatoms. The van der Waals surface area contributed by atoms with Gasteiger partial charge in [-0.3, -0.25) is 0 Å². The van der Waals surface area contributed by atoms with Crippen LogP contribution in [0.25, 0.3) is 0 Å². The van der Waals surface area contributed by atoms with Crippen molar-refractivity contribution in [2.75, 3.05) is 6.54 Å². The molecule has 1 aliphatic carbocycles. The average molecular weight is 208 g/mol. The van der Waals surface area contributed by atoms with Crippen LogP contribution in [0.3, 0.4) is 0 Å². The fourth-order valence-corrected chi connectivity index (χ4v) is 3.33. The van der Waals surface area contributed by atoms with Gasteiger partial charge in [-0.2, -0.15) is 0 Å². The summed E-state index contributed by atoms with van der Waals surface area (Å²) >= 11 is 6.25. The molecule has 1 aromatic carbocycles. The number of hydrogen-bond donors (Lipinski definition) is 1. The van der Waals surface area contributed by atoms with Gasteiger partial charge in [-0.1, -0.05) is 29.8 Å². The molecule has 1 nitrogen and oxygen atoms in total. The lowest BCUT2D eigenvalue weighted by molar-refractivity contribution is 0.111. The number of hydrogen-bond acceptors (Lipinski definition) is 1. The molecule has 2 saturated heterocycles. The zero-order valence-electron chi connectivity index (χ0n) is 8.09. The highest BCUT2D eigenvalue weighted by Gasteiger charge is 2.48. The van der Waals surface area contributed by atoms with E-state index < -0.39 is 0 Å². The van der Waals surface area contributed by atoms with Crippen molar-refractivity contribution in [1.82, 2.24) is 5.32 Å². The van der Waals surface area contributed by atoms with Crippen molar-refractivity contribution >= 4 is 11.6 Å². The van der Waals surface area contributed by atoms with Gasteiger partial charge in [-0.15, -0.1) is 0 Å². The molecular weight excluding hydrogens is 194 g/mol. The van der Waals surface area contributed by atoms with Gasteiger partial charge in [0.25, 0.3) is 0 Å².